The smallest absolute Gasteiger partial charge is 0.248 e. The molecule has 0 saturated heterocycles. The van der Waals surface area contributed by atoms with E-state index in [0.717, 1.165) is 10.9 Å². The third-order valence-electron chi connectivity index (χ3n) is 2.33. The zero-order valence-electron chi connectivity index (χ0n) is 8.43. The van der Waals surface area contributed by atoms with Gasteiger partial charge in [0, 0.05) is 11.5 Å². The van der Waals surface area contributed by atoms with Crippen LogP contribution in [0.5, 0.6) is 5.75 Å². The summed E-state index contributed by atoms with van der Waals surface area (Å²) in [5.74, 6) is 0.711. The number of H-pyrrole nitrogens is 1. The number of pyridine rings is 1. The molecular weight excluding hydrogens is 214 g/mol. The van der Waals surface area contributed by atoms with Crippen molar-refractivity contribution in [2.45, 2.75) is 6.92 Å². The van der Waals surface area contributed by atoms with E-state index < -0.39 is 0 Å². The van der Waals surface area contributed by atoms with Crippen LogP contribution in [0, 0.1) is 6.92 Å². The van der Waals surface area contributed by atoms with E-state index in [4.69, 9.17) is 16.3 Å². The fourth-order valence-electron chi connectivity index (χ4n) is 1.67. The van der Waals surface area contributed by atoms with Gasteiger partial charge in [-0.15, -0.1) is 0 Å². The number of benzene rings is 1. The first-order valence-electron chi connectivity index (χ1n) is 4.49. The molecule has 0 aliphatic heterocycles. The molecule has 1 heterocycles. The van der Waals surface area contributed by atoms with E-state index in [9.17, 15) is 4.79 Å². The Balaban J connectivity index is 3.00. The van der Waals surface area contributed by atoms with Gasteiger partial charge in [-0.25, -0.2) is 0 Å². The molecule has 1 N–H and O–H groups in total. The summed E-state index contributed by atoms with van der Waals surface area (Å²) < 4.78 is 5.22. The van der Waals surface area contributed by atoms with Crippen molar-refractivity contribution in [2.75, 3.05) is 7.11 Å². The van der Waals surface area contributed by atoms with Crippen molar-refractivity contribution in [3.05, 3.63) is 39.1 Å². The van der Waals surface area contributed by atoms with Crippen molar-refractivity contribution in [3.63, 3.8) is 0 Å². The highest BCUT2D eigenvalue weighted by molar-refractivity contribution is 6.35. The van der Waals surface area contributed by atoms with Crippen LogP contribution in [-0.4, -0.2) is 12.1 Å². The lowest BCUT2D eigenvalue weighted by molar-refractivity contribution is 0.419. The summed E-state index contributed by atoms with van der Waals surface area (Å²) in [6, 6.07) is 5.02. The lowest BCUT2D eigenvalue weighted by Gasteiger charge is -2.08. The molecule has 0 atom stereocenters. The predicted molar refractivity (Wildman–Crippen MR) is 60.9 cm³/mol. The molecule has 0 amide bonds. The molecule has 0 aliphatic rings. The molecule has 0 fully saturated rings. The number of rotatable bonds is 1. The molecule has 2 rings (SSSR count). The number of hydrogen-bond acceptors (Lipinski definition) is 2. The van der Waals surface area contributed by atoms with E-state index in [1.807, 2.05) is 6.92 Å². The quantitative estimate of drug-likeness (QED) is 0.807. The fraction of sp³-hybridized carbons (Fsp3) is 0.182. The van der Waals surface area contributed by atoms with E-state index in [2.05, 4.69) is 4.98 Å². The molecule has 3 nitrogen and oxygen atoms in total. The van der Waals surface area contributed by atoms with Crippen molar-refractivity contribution in [2.24, 2.45) is 0 Å². The number of nitrogens with one attached hydrogen (secondary N) is 1. The van der Waals surface area contributed by atoms with Crippen LogP contribution in [0.2, 0.25) is 5.02 Å². The molecule has 0 aliphatic carbocycles. The van der Waals surface area contributed by atoms with Gasteiger partial charge in [0.15, 0.2) is 0 Å². The van der Waals surface area contributed by atoms with Gasteiger partial charge in [0.2, 0.25) is 5.56 Å². The molecule has 1 aromatic heterocycles. The second-order valence-electron chi connectivity index (χ2n) is 3.32. The second-order valence-corrected chi connectivity index (χ2v) is 3.72. The minimum absolute atomic E-state index is 0.157. The van der Waals surface area contributed by atoms with Crippen molar-refractivity contribution >= 4 is 22.5 Å². The third kappa shape index (κ3) is 1.59. The molecule has 0 spiro atoms. The highest BCUT2D eigenvalue weighted by atomic mass is 35.5. The van der Waals surface area contributed by atoms with Crippen LogP contribution in [-0.2, 0) is 0 Å². The maximum absolute atomic E-state index is 11.3. The lowest BCUT2D eigenvalue weighted by Crippen LogP contribution is -2.05. The largest absolute Gasteiger partial charge is 0.496 e. The summed E-state index contributed by atoms with van der Waals surface area (Å²) in [5, 5.41) is 1.37. The van der Waals surface area contributed by atoms with Gasteiger partial charge in [-0.2, -0.15) is 0 Å². The summed E-state index contributed by atoms with van der Waals surface area (Å²) in [4.78, 5) is 14.0. The standard InChI is InChI=1S/C11H10ClNO2/c1-6-5-9(14)13-11-7(12)3-4-8(15-2)10(6)11/h3-5H,1-2H3,(H,13,14). The molecule has 78 valence electrons. The first-order chi connectivity index (χ1) is 7.13. The van der Waals surface area contributed by atoms with E-state index in [-0.39, 0.29) is 5.56 Å². The van der Waals surface area contributed by atoms with Gasteiger partial charge in [0.05, 0.1) is 17.6 Å². The van der Waals surface area contributed by atoms with Crippen molar-refractivity contribution < 1.29 is 4.74 Å². The van der Waals surface area contributed by atoms with Crippen molar-refractivity contribution in [3.8, 4) is 5.75 Å². The average molecular weight is 224 g/mol. The first-order valence-corrected chi connectivity index (χ1v) is 4.87. The van der Waals surface area contributed by atoms with Gasteiger partial charge in [0.25, 0.3) is 0 Å². The second kappa shape index (κ2) is 3.59. The topological polar surface area (TPSA) is 42.1 Å². The summed E-state index contributed by atoms with van der Waals surface area (Å²) >= 11 is 6.00. The number of aromatic amines is 1. The van der Waals surface area contributed by atoms with Crippen LogP contribution in [0.15, 0.2) is 23.0 Å². The van der Waals surface area contributed by atoms with Gasteiger partial charge >= 0.3 is 0 Å². The molecule has 0 radical (unpaired) electrons. The zero-order valence-corrected chi connectivity index (χ0v) is 9.18. The highest BCUT2D eigenvalue weighted by Crippen LogP contribution is 2.31. The Hall–Kier alpha value is -1.48. The van der Waals surface area contributed by atoms with Gasteiger partial charge in [0.1, 0.15) is 5.75 Å². The van der Waals surface area contributed by atoms with Gasteiger partial charge in [-0.1, -0.05) is 11.6 Å². The molecule has 0 bridgehead atoms. The predicted octanol–water partition coefficient (Wildman–Crippen LogP) is 2.50. The number of aryl methyl sites for hydroxylation is 1. The number of fused-ring (bicyclic) bond motifs is 1. The normalized spacial score (nSPS) is 10.6. The summed E-state index contributed by atoms with van der Waals surface area (Å²) in [7, 11) is 1.59. The molecule has 0 saturated carbocycles. The molecule has 0 unspecified atom stereocenters. The van der Waals surface area contributed by atoms with Gasteiger partial charge < -0.3 is 9.72 Å². The summed E-state index contributed by atoms with van der Waals surface area (Å²) in [6.07, 6.45) is 0. The first kappa shape index (κ1) is 10.1. The Morgan fingerprint density at radius 1 is 1.40 bits per heavy atom. The summed E-state index contributed by atoms with van der Waals surface area (Å²) in [6.45, 7) is 1.86. The van der Waals surface area contributed by atoms with Gasteiger partial charge in [-0.05, 0) is 24.6 Å². The van der Waals surface area contributed by atoms with Crippen molar-refractivity contribution in [1.82, 2.24) is 4.98 Å². The van der Waals surface area contributed by atoms with Gasteiger partial charge in [-0.3, -0.25) is 4.79 Å². The third-order valence-corrected chi connectivity index (χ3v) is 2.64. The monoisotopic (exact) mass is 223 g/mol. The fourth-order valence-corrected chi connectivity index (χ4v) is 1.87. The number of ether oxygens (including phenoxy) is 1. The maximum Gasteiger partial charge on any atom is 0.248 e. The van der Waals surface area contributed by atoms with Crippen LogP contribution < -0.4 is 10.3 Å². The van der Waals surface area contributed by atoms with Crippen LogP contribution >= 0.6 is 11.6 Å². The molecular formula is C11H10ClNO2. The van der Waals surface area contributed by atoms with Crippen molar-refractivity contribution in [1.29, 1.82) is 0 Å². The Morgan fingerprint density at radius 3 is 2.80 bits per heavy atom. The van der Waals surface area contributed by atoms with Crippen LogP contribution in [0.4, 0.5) is 0 Å². The zero-order chi connectivity index (χ0) is 11.0. The number of aromatic nitrogens is 1. The van der Waals surface area contributed by atoms with Crippen LogP contribution in [0.3, 0.4) is 0 Å². The van der Waals surface area contributed by atoms with Crippen LogP contribution in [0.1, 0.15) is 5.56 Å². The van der Waals surface area contributed by atoms with E-state index >= 15 is 0 Å². The Labute approximate surface area is 91.6 Å². The Morgan fingerprint density at radius 2 is 2.13 bits per heavy atom. The Kier molecular flexibility index (Phi) is 2.40. The SMILES string of the molecule is COc1ccc(Cl)c2[nH]c(=O)cc(C)c12. The number of hydrogen-bond donors (Lipinski definition) is 1. The maximum atomic E-state index is 11.3. The van der Waals surface area contributed by atoms with Crippen LogP contribution in [0.25, 0.3) is 10.9 Å². The molecule has 15 heavy (non-hydrogen) atoms. The van der Waals surface area contributed by atoms with E-state index in [1.54, 1.807) is 19.2 Å². The van der Waals surface area contributed by atoms with E-state index in [0.29, 0.717) is 16.3 Å². The highest BCUT2D eigenvalue weighted by Gasteiger charge is 2.08. The minimum Gasteiger partial charge on any atom is -0.496 e. The number of halogens is 1. The lowest BCUT2D eigenvalue weighted by atomic mass is 10.1. The molecule has 4 heteroatoms. The van der Waals surface area contributed by atoms with E-state index in [1.165, 1.54) is 6.07 Å². The molecule has 1 aromatic carbocycles. The summed E-state index contributed by atoms with van der Waals surface area (Å²) in [5.41, 5.74) is 1.32. The minimum atomic E-state index is -0.157. The Bertz CT molecular complexity index is 575. The molecule has 2 aromatic rings. The average Bonchev–Trinajstić information content (AvgIpc) is 2.19. The number of methoxy groups -OCH3 is 1.